The second-order valence-electron chi connectivity index (χ2n) is 5.90. The van der Waals surface area contributed by atoms with Crippen LogP contribution in [0.2, 0.25) is 0 Å². The number of aliphatic hydroxyl groups excluding tert-OH is 1. The van der Waals surface area contributed by atoms with Crippen molar-refractivity contribution in [2.24, 2.45) is 0 Å². The smallest absolute Gasteiger partial charge is 0.338 e. The maximum absolute atomic E-state index is 12.3. The van der Waals surface area contributed by atoms with Gasteiger partial charge >= 0.3 is 11.9 Å². The van der Waals surface area contributed by atoms with Gasteiger partial charge in [-0.3, -0.25) is 0 Å². The van der Waals surface area contributed by atoms with E-state index < -0.39 is 30.3 Å². The molecule has 0 bridgehead atoms. The lowest BCUT2D eigenvalue weighted by Crippen LogP contribution is -2.33. The number of methoxy groups -OCH3 is 1. The van der Waals surface area contributed by atoms with E-state index in [0.29, 0.717) is 18.6 Å². The van der Waals surface area contributed by atoms with Crippen molar-refractivity contribution in [3.63, 3.8) is 0 Å². The van der Waals surface area contributed by atoms with Gasteiger partial charge in [0.25, 0.3) is 0 Å². The highest BCUT2D eigenvalue weighted by Crippen LogP contribution is 2.20. The number of ether oxygens (including phenoxy) is 3. The van der Waals surface area contributed by atoms with E-state index in [2.05, 4.69) is 4.74 Å². The molecule has 0 saturated carbocycles. The molecule has 25 heavy (non-hydrogen) atoms. The van der Waals surface area contributed by atoms with Gasteiger partial charge in [0.15, 0.2) is 0 Å². The molecule has 0 amide bonds. The van der Waals surface area contributed by atoms with Crippen LogP contribution in [0.15, 0.2) is 42.5 Å². The third-order valence-corrected chi connectivity index (χ3v) is 4.04. The van der Waals surface area contributed by atoms with Crippen molar-refractivity contribution >= 4 is 11.9 Å². The minimum absolute atomic E-state index is 0.271. The Hall–Kier alpha value is -2.18. The SMILES string of the molecule is COC(=O)/C=C\[C@@H](C[C@@H]1OCCCC[C@H]1O)OC(=O)c1ccccc1. The van der Waals surface area contributed by atoms with E-state index in [0.717, 1.165) is 12.8 Å². The van der Waals surface area contributed by atoms with E-state index in [1.54, 1.807) is 30.3 Å². The average molecular weight is 348 g/mol. The monoisotopic (exact) mass is 348 g/mol. The lowest BCUT2D eigenvalue weighted by molar-refractivity contribution is -0.134. The molecule has 6 nitrogen and oxygen atoms in total. The van der Waals surface area contributed by atoms with Crippen molar-refractivity contribution < 1.29 is 28.9 Å². The fourth-order valence-corrected chi connectivity index (χ4v) is 2.64. The van der Waals surface area contributed by atoms with Gasteiger partial charge in [0, 0.05) is 19.1 Å². The topological polar surface area (TPSA) is 82.1 Å². The van der Waals surface area contributed by atoms with Gasteiger partial charge < -0.3 is 19.3 Å². The Morgan fingerprint density at radius 2 is 2.08 bits per heavy atom. The van der Waals surface area contributed by atoms with Crippen LogP contribution in [0.4, 0.5) is 0 Å². The molecule has 1 aliphatic heterocycles. The summed E-state index contributed by atoms with van der Waals surface area (Å²) < 4.78 is 15.7. The highest BCUT2D eigenvalue weighted by Gasteiger charge is 2.27. The molecule has 1 aliphatic rings. The summed E-state index contributed by atoms with van der Waals surface area (Å²) in [6.07, 6.45) is 3.61. The first-order valence-corrected chi connectivity index (χ1v) is 8.42. The zero-order chi connectivity index (χ0) is 18.1. The van der Waals surface area contributed by atoms with Crippen LogP contribution < -0.4 is 0 Å². The first kappa shape index (κ1) is 19.1. The molecule has 136 valence electrons. The highest BCUT2D eigenvalue weighted by atomic mass is 16.5. The lowest BCUT2D eigenvalue weighted by Gasteiger charge is -2.24. The molecular formula is C19H24O6. The fourth-order valence-electron chi connectivity index (χ4n) is 2.64. The third kappa shape index (κ3) is 6.32. The highest BCUT2D eigenvalue weighted by molar-refractivity contribution is 5.89. The molecule has 1 fully saturated rings. The normalized spacial score (nSPS) is 22.2. The van der Waals surface area contributed by atoms with Crippen LogP contribution >= 0.6 is 0 Å². The summed E-state index contributed by atoms with van der Waals surface area (Å²) in [6.45, 7) is 0.557. The fraction of sp³-hybridized carbons (Fsp3) is 0.474. The van der Waals surface area contributed by atoms with Crippen LogP contribution in [0.3, 0.4) is 0 Å². The van der Waals surface area contributed by atoms with Crippen LogP contribution in [-0.2, 0) is 19.0 Å². The molecule has 3 atom stereocenters. The minimum Gasteiger partial charge on any atom is -0.466 e. The molecule has 1 aromatic rings. The molecule has 0 spiro atoms. The predicted octanol–water partition coefficient (Wildman–Crippen LogP) is 2.26. The lowest BCUT2D eigenvalue weighted by atomic mass is 10.0. The molecule has 0 unspecified atom stereocenters. The van der Waals surface area contributed by atoms with Crippen molar-refractivity contribution in [1.82, 2.24) is 0 Å². The van der Waals surface area contributed by atoms with Gasteiger partial charge in [0.1, 0.15) is 6.10 Å². The number of hydrogen-bond donors (Lipinski definition) is 1. The Bertz CT molecular complexity index is 583. The number of esters is 2. The van der Waals surface area contributed by atoms with Gasteiger partial charge in [-0.2, -0.15) is 0 Å². The average Bonchev–Trinajstić information content (AvgIpc) is 2.84. The van der Waals surface area contributed by atoms with Crippen molar-refractivity contribution in [1.29, 1.82) is 0 Å². The van der Waals surface area contributed by atoms with Gasteiger partial charge in [-0.05, 0) is 37.5 Å². The Balaban J connectivity index is 2.07. The van der Waals surface area contributed by atoms with Gasteiger partial charge in [-0.1, -0.05) is 18.2 Å². The second-order valence-corrected chi connectivity index (χ2v) is 5.90. The molecule has 0 aliphatic carbocycles. The maximum Gasteiger partial charge on any atom is 0.338 e. The first-order valence-electron chi connectivity index (χ1n) is 8.42. The number of benzene rings is 1. The van der Waals surface area contributed by atoms with E-state index in [1.807, 2.05) is 0 Å². The Kier molecular flexibility index (Phi) is 7.63. The Morgan fingerprint density at radius 3 is 2.80 bits per heavy atom. The molecule has 2 rings (SSSR count). The molecule has 0 aromatic heterocycles. The largest absolute Gasteiger partial charge is 0.466 e. The van der Waals surface area contributed by atoms with Crippen molar-refractivity contribution in [3.05, 3.63) is 48.0 Å². The molecule has 6 heteroatoms. The maximum atomic E-state index is 12.3. The number of carbonyl (C=O) groups excluding carboxylic acids is 2. The third-order valence-electron chi connectivity index (χ3n) is 4.04. The molecule has 1 saturated heterocycles. The Labute approximate surface area is 147 Å². The summed E-state index contributed by atoms with van der Waals surface area (Å²) in [5, 5.41) is 10.2. The van der Waals surface area contributed by atoms with Crippen LogP contribution in [0.25, 0.3) is 0 Å². The predicted molar refractivity (Wildman–Crippen MR) is 91.0 cm³/mol. The molecule has 1 N–H and O–H groups in total. The van der Waals surface area contributed by atoms with Gasteiger partial charge in [-0.25, -0.2) is 9.59 Å². The van der Waals surface area contributed by atoms with E-state index in [1.165, 1.54) is 19.3 Å². The van der Waals surface area contributed by atoms with Gasteiger partial charge in [-0.15, -0.1) is 0 Å². The van der Waals surface area contributed by atoms with Crippen LogP contribution in [0.5, 0.6) is 0 Å². The summed E-state index contributed by atoms with van der Waals surface area (Å²) in [5.74, 6) is -1.04. The summed E-state index contributed by atoms with van der Waals surface area (Å²) in [5.41, 5.74) is 0.418. The minimum atomic E-state index is -0.704. The first-order chi connectivity index (χ1) is 12.1. The Morgan fingerprint density at radius 1 is 1.32 bits per heavy atom. The molecular weight excluding hydrogens is 324 g/mol. The summed E-state index contributed by atoms with van der Waals surface area (Å²) in [6, 6.07) is 8.60. The zero-order valence-corrected chi connectivity index (χ0v) is 14.3. The van der Waals surface area contributed by atoms with Gasteiger partial charge in [0.05, 0.1) is 24.9 Å². The number of carbonyl (C=O) groups is 2. The summed E-state index contributed by atoms with van der Waals surface area (Å²) >= 11 is 0. The van der Waals surface area contributed by atoms with Crippen LogP contribution in [0.1, 0.15) is 36.0 Å². The quantitative estimate of drug-likeness (QED) is 0.627. The molecule has 1 heterocycles. The standard InChI is InChI=1S/C19H24O6/c1-23-18(21)11-10-15(13-17-16(20)9-5-6-12-24-17)25-19(22)14-7-3-2-4-8-14/h2-4,7-8,10-11,15-17,20H,5-6,9,12-13H2,1H3/b11-10-/t15-,16+,17-/m0/s1. The molecule has 1 aromatic carbocycles. The second kappa shape index (κ2) is 9.96. The van der Waals surface area contributed by atoms with Gasteiger partial charge in [0.2, 0.25) is 0 Å². The number of hydrogen-bond acceptors (Lipinski definition) is 6. The van der Waals surface area contributed by atoms with Crippen molar-refractivity contribution in [2.75, 3.05) is 13.7 Å². The molecule has 0 radical (unpaired) electrons. The van der Waals surface area contributed by atoms with Crippen LogP contribution in [0, 0.1) is 0 Å². The van der Waals surface area contributed by atoms with Crippen molar-refractivity contribution in [2.45, 2.75) is 44.0 Å². The van der Waals surface area contributed by atoms with Crippen molar-refractivity contribution in [3.8, 4) is 0 Å². The van der Waals surface area contributed by atoms with E-state index >= 15 is 0 Å². The van der Waals surface area contributed by atoms with E-state index in [-0.39, 0.29) is 6.42 Å². The summed E-state index contributed by atoms with van der Waals surface area (Å²) in [4.78, 5) is 23.6. The zero-order valence-electron chi connectivity index (χ0n) is 14.3. The van der Waals surface area contributed by atoms with Crippen LogP contribution in [-0.4, -0.2) is 49.1 Å². The van der Waals surface area contributed by atoms with E-state index in [9.17, 15) is 14.7 Å². The number of aliphatic hydroxyl groups is 1. The summed E-state index contributed by atoms with van der Waals surface area (Å²) in [7, 11) is 1.27. The van der Waals surface area contributed by atoms with E-state index in [4.69, 9.17) is 9.47 Å². The number of rotatable bonds is 6.